The molecule has 0 spiro atoms. The fourth-order valence-corrected chi connectivity index (χ4v) is 4.82. The summed E-state index contributed by atoms with van der Waals surface area (Å²) in [5.74, 6) is 0.408. The van der Waals surface area contributed by atoms with Crippen LogP contribution in [0.4, 0.5) is 0 Å². The maximum absolute atomic E-state index is 12.7. The molecule has 2 atom stereocenters. The number of hydrogen-bond acceptors (Lipinski definition) is 3. The van der Waals surface area contributed by atoms with Gasteiger partial charge < -0.3 is 5.73 Å². The monoisotopic (exact) mass is 326 g/mol. The van der Waals surface area contributed by atoms with Crippen molar-refractivity contribution in [2.24, 2.45) is 11.7 Å². The molecule has 1 aromatic carbocycles. The molecule has 2 unspecified atom stereocenters. The summed E-state index contributed by atoms with van der Waals surface area (Å²) in [5.41, 5.74) is 6.04. The van der Waals surface area contributed by atoms with E-state index in [1.54, 1.807) is 24.3 Å². The van der Waals surface area contributed by atoms with Gasteiger partial charge in [-0.3, -0.25) is 0 Å². The minimum atomic E-state index is -3.60. The molecule has 1 saturated carbocycles. The summed E-state index contributed by atoms with van der Waals surface area (Å²) in [4.78, 5) is 0.282. The van der Waals surface area contributed by atoms with Crippen LogP contribution in [0.2, 0.25) is 0 Å². The van der Waals surface area contributed by atoms with Gasteiger partial charge in [-0.1, -0.05) is 56.6 Å². The van der Waals surface area contributed by atoms with Gasteiger partial charge in [0.25, 0.3) is 0 Å². The van der Waals surface area contributed by atoms with E-state index in [2.05, 4.69) is 11.6 Å². The first-order valence-corrected chi connectivity index (χ1v) is 9.26. The molecule has 0 aliphatic heterocycles. The van der Waals surface area contributed by atoms with Crippen molar-refractivity contribution in [3.63, 3.8) is 0 Å². The normalized spacial score (nSPS) is 22.9. The lowest BCUT2D eigenvalue weighted by atomic mass is 9.83. The molecule has 1 aliphatic rings. The van der Waals surface area contributed by atoms with E-state index in [4.69, 9.17) is 18.0 Å². The summed E-state index contributed by atoms with van der Waals surface area (Å²) in [6, 6.07) is 6.64. The predicted octanol–water partition coefficient (Wildman–Crippen LogP) is 2.57. The molecule has 0 bridgehead atoms. The second kappa shape index (κ2) is 6.85. The van der Waals surface area contributed by atoms with Crippen molar-refractivity contribution >= 4 is 27.2 Å². The van der Waals surface area contributed by atoms with Gasteiger partial charge in [0.1, 0.15) is 4.99 Å². The number of nitrogens with two attached hydrogens (primary N) is 1. The minimum Gasteiger partial charge on any atom is -0.389 e. The molecule has 3 N–H and O–H groups in total. The lowest BCUT2D eigenvalue weighted by Crippen LogP contribution is -2.42. The Kier molecular flexibility index (Phi) is 5.35. The summed E-state index contributed by atoms with van der Waals surface area (Å²) < 4.78 is 28.2. The van der Waals surface area contributed by atoms with E-state index in [1.807, 2.05) is 0 Å². The van der Waals surface area contributed by atoms with E-state index in [0.29, 0.717) is 11.5 Å². The van der Waals surface area contributed by atoms with Crippen LogP contribution in [0.15, 0.2) is 29.2 Å². The van der Waals surface area contributed by atoms with Crippen LogP contribution < -0.4 is 10.5 Å². The number of sulfonamides is 1. The zero-order chi connectivity index (χ0) is 15.5. The smallest absolute Gasteiger partial charge is 0.241 e. The van der Waals surface area contributed by atoms with E-state index < -0.39 is 10.0 Å². The molecule has 0 aromatic heterocycles. The van der Waals surface area contributed by atoms with Crippen LogP contribution in [-0.4, -0.2) is 19.4 Å². The molecule has 116 valence electrons. The van der Waals surface area contributed by atoms with E-state index in [0.717, 1.165) is 25.7 Å². The second-order valence-corrected chi connectivity index (χ2v) is 7.66. The zero-order valence-corrected chi connectivity index (χ0v) is 13.8. The molecular formula is C15H22N2O2S2. The summed E-state index contributed by atoms with van der Waals surface area (Å²) >= 11 is 4.95. The molecule has 1 fully saturated rings. The quantitative estimate of drug-likeness (QED) is 0.816. The summed E-state index contributed by atoms with van der Waals surface area (Å²) in [7, 11) is -3.60. The van der Waals surface area contributed by atoms with Gasteiger partial charge >= 0.3 is 0 Å². The Balaban J connectivity index is 2.28. The third-order valence-corrected chi connectivity index (χ3v) is 5.95. The Labute approximate surface area is 132 Å². The van der Waals surface area contributed by atoms with Crippen LogP contribution in [0.5, 0.6) is 0 Å². The number of benzene rings is 1. The van der Waals surface area contributed by atoms with Crippen molar-refractivity contribution in [1.29, 1.82) is 0 Å². The van der Waals surface area contributed by atoms with Gasteiger partial charge in [-0.2, -0.15) is 0 Å². The molecule has 6 heteroatoms. The van der Waals surface area contributed by atoms with E-state index in [1.165, 1.54) is 6.42 Å². The maximum atomic E-state index is 12.7. The first-order chi connectivity index (χ1) is 9.95. The summed E-state index contributed by atoms with van der Waals surface area (Å²) in [5, 5.41) is 0. The average molecular weight is 326 g/mol. The summed E-state index contributed by atoms with van der Waals surface area (Å²) in [6.45, 7) is 2.11. The third-order valence-electron chi connectivity index (χ3n) is 4.18. The first kappa shape index (κ1) is 16.4. The van der Waals surface area contributed by atoms with Gasteiger partial charge in [-0.25, -0.2) is 13.1 Å². The van der Waals surface area contributed by atoms with Gasteiger partial charge in [0.2, 0.25) is 10.0 Å². The Hall–Kier alpha value is -0.980. The van der Waals surface area contributed by atoms with Crippen LogP contribution in [0.1, 0.15) is 44.6 Å². The van der Waals surface area contributed by atoms with E-state index >= 15 is 0 Å². The van der Waals surface area contributed by atoms with Crippen molar-refractivity contribution in [3.8, 4) is 0 Å². The minimum absolute atomic E-state index is 0.00755. The van der Waals surface area contributed by atoms with Crippen molar-refractivity contribution in [2.75, 3.05) is 0 Å². The van der Waals surface area contributed by atoms with E-state index in [9.17, 15) is 8.42 Å². The van der Waals surface area contributed by atoms with Gasteiger partial charge in [0.05, 0.1) is 4.90 Å². The molecule has 0 saturated heterocycles. The highest BCUT2D eigenvalue weighted by Gasteiger charge is 2.29. The standard InChI is InChI=1S/C15H22N2O2S2/c1-2-11-7-3-5-9-13(11)17-21(18,19)14-10-6-4-8-12(14)15(16)20/h4,6,8,10-11,13,17H,2-3,5,7,9H2,1H3,(H2,16,20). The highest BCUT2D eigenvalue weighted by molar-refractivity contribution is 7.89. The second-order valence-electron chi connectivity index (χ2n) is 5.54. The molecule has 1 aromatic rings. The number of rotatable bonds is 5. The molecule has 0 heterocycles. The SMILES string of the molecule is CCC1CCCCC1NS(=O)(=O)c1ccccc1C(N)=S. The zero-order valence-electron chi connectivity index (χ0n) is 12.2. The Morgan fingerprint density at radius 3 is 2.67 bits per heavy atom. The maximum Gasteiger partial charge on any atom is 0.241 e. The number of thiocarbonyl (C=S) groups is 1. The highest BCUT2D eigenvalue weighted by atomic mass is 32.2. The van der Waals surface area contributed by atoms with Crippen molar-refractivity contribution in [1.82, 2.24) is 4.72 Å². The molecular weight excluding hydrogens is 304 g/mol. The molecule has 4 nitrogen and oxygen atoms in total. The average Bonchev–Trinajstić information content (AvgIpc) is 2.47. The van der Waals surface area contributed by atoms with Crippen molar-refractivity contribution < 1.29 is 8.42 Å². The van der Waals surface area contributed by atoms with Crippen LogP contribution >= 0.6 is 12.2 Å². The summed E-state index contributed by atoms with van der Waals surface area (Å²) in [6.07, 6.45) is 5.22. The molecule has 21 heavy (non-hydrogen) atoms. The highest BCUT2D eigenvalue weighted by Crippen LogP contribution is 2.28. The lowest BCUT2D eigenvalue weighted by molar-refractivity contribution is 0.282. The Morgan fingerprint density at radius 1 is 1.33 bits per heavy atom. The van der Waals surface area contributed by atoms with E-state index in [-0.39, 0.29) is 15.9 Å². The van der Waals surface area contributed by atoms with Gasteiger partial charge in [0, 0.05) is 11.6 Å². The number of nitrogens with one attached hydrogen (secondary N) is 1. The lowest BCUT2D eigenvalue weighted by Gasteiger charge is -2.31. The third kappa shape index (κ3) is 3.81. The van der Waals surface area contributed by atoms with Crippen LogP contribution in [0, 0.1) is 5.92 Å². The Bertz CT molecular complexity index is 614. The van der Waals surface area contributed by atoms with Crippen molar-refractivity contribution in [2.45, 2.75) is 50.0 Å². The predicted molar refractivity (Wildman–Crippen MR) is 88.7 cm³/mol. The van der Waals surface area contributed by atoms with Gasteiger partial charge in [-0.15, -0.1) is 0 Å². The fraction of sp³-hybridized carbons (Fsp3) is 0.533. The molecule has 1 aliphatic carbocycles. The van der Waals surface area contributed by atoms with Gasteiger partial charge in [0.15, 0.2) is 0 Å². The first-order valence-electron chi connectivity index (χ1n) is 7.37. The molecule has 0 amide bonds. The van der Waals surface area contributed by atoms with Gasteiger partial charge in [-0.05, 0) is 24.8 Å². The fourth-order valence-electron chi connectivity index (χ4n) is 3.02. The van der Waals surface area contributed by atoms with Crippen LogP contribution in [0.25, 0.3) is 0 Å². The van der Waals surface area contributed by atoms with Crippen LogP contribution in [0.3, 0.4) is 0 Å². The van der Waals surface area contributed by atoms with Crippen molar-refractivity contribution in [3.05, 3.63) is 29.8 Å². The van der Waals surface area contributed by atoms with Crippen LogP contribution in [-0.2, 0) is 10.0 Å². The largest absolute Gasteiger partial charge is 0.389 e. The molecule has 0 radical (unpaired) electrons. The molecule has 2 rings (SSSR count). The Morgan fingerprint density at radius 2 is 2.00 bits per heavy atom. The number of hydrogen-bond donors (Lipinski definition) is 2. The topological polar surface area (TPSA) is 72.2 Å².